The summed E-state index contributed by atoms with van der Waals surface area (Å²) in [4.78, 5) is 0. The van der Waals surface area contributed by atoms with Crippen molar-refractivity contribution in [1.82, 2.24) is 5.43 Å². The standard InChI is InChI=1S/C17H14F2N2/c18-14-7-8-16(19)15(10-14)17(21-20)13-6-5-11-3-1-2-4-12(11)9-13/h1-10,17,21H,20H2. The maximum atomic E-state index is 13.9. The molecule has 0 aliphatic carbocycles. The number of rotatable bonds is 3. The van der Waals surface area contributed by atoms with E-state index in [9.17, 15) is 8.78 Å². The van der Waals surface area contributed by atoms with Gasteiger partial charge >= 0.3 is 0 Å². The Balaban J connectivity index is 2.11. The largest absolute Gasteiger partial charge is 0.271 e. The molecule has 0 aliphatic heterocycles. The van der Waals surface area contributed by atoms with Crippen molar-refractivity contribution in [2.24, 2.45) is 5.84 Å². The van der Waals surface area contributed by atoms with Crippen molar-refractivity contribution in [3.8, 4) is 0 Å². The lowest BCUT2D eigenvalue weighted by molar-refractivity contribution is 0.546. The van der Waals surface area contributed by atoms with Crippen molar-refractivity contribution in [3.05, 3.63) is 83.4 Å². The smallest absolute Gasteiger partial charge is 0.128 e. The summed E-state index contributed by atoms with van der Waals surface area (Å²) < 4.78 is 27.3. The predicted octanol–water partition coefficient (Wildman–Crippen LogP) is 3.67. The SMILES string of the molecule is NNC(c1ccc2ccccc2c1)c1cc(F)ccc1F. The van der Waals surface area contributed by atoms with Crippen LogP contribution in [0.5, 0.6) is 0 Å². The van der Waals surface area contributed by atoms with Crippen LogP contribution in [-0.2, 0) is 0 Å². The van der Waals surface area contributed by atoms with Crippen molar-refractivity contribution in [2.75, 3.05) is 0 Å². The average Bonchev–Trinajstić information content (AvgIpc) is 2.51. The van der Waals surface area contributed by atoms with Gasteiger partial charge in [-0.1, -0.05) is 36.4 Å². The summed E-state index contributed by atoms with van der Waals surface area (Å²) in [6.07, 6.45) is 0. The van der Waals surface area contributed by atoms with E-state index in [2.05, 4.69) is 5.43 Å². The molecule has 0 radical (unpaired) electrons. The molecule has 0 saturated heterocycles. The fraction of sp³-hybridized carbons (Fsp3) is 0.0588. The van der Waals surface area contributed by atoms with Crippen LogP contribution in [0.25, 0.3) is 10.8 Å². The molecule has 1 atom stereocenters. The monoisotopic (exact) mass is 284 g/mol. The number of nitrogens with two attached hydrogens (primary N) is 1. The molecule has 0 amide bonds. The first-order chi connectivity index (χ1) is 10.2. The van der Waals surface area contributed by atoms with Crippen molar-refractivity contribution in [2.45, 2.75) is 6.04 Å². The molecule has 4 heteroatoms. The van der Waals surface area contributed by atoms with Gasteiger partial charge in [0.25, 0.3) is 0 Å². The lowest BCUT2D eigenvalue weighted by Crippen LogP contribution is -2.29. The Kier molecular flexibility index (Phi) is 3.64. The molecule has 0 aliphatic rings. The van der Waals surface area contributed by atoms with Gasteiger partial charge in [-0.25, -0.2) is 14.2 Å². The number of nitrogens with one attached hydrogen (secondary N) is 1. The summed E-state index contributed by atoms with van der Waals surface area (Å²) in [5.74, 6) is 4.57. The van der Waals surface area contributed by atoms with Gasteiger partial charge in [-0.3, -0.25) is 5.84 Å². The van der Waals surface area contributed by atoms with Gasteiger partial charge in [0.2, 0.25) is 0 Å². The summed E-state index contributed by atoms with van der Waals surface area (Å²) in [6, 6.07) is 16.3. The van der Waals surface area contributed by atoms with Crippen LogP contribution in [0.4, 0.5) is 8.78 Å². The molecule has 1 unspecified atom stereocenters. The summed E-state index contributed by atoms with van der Waals surface area (Å²) in [6.45, 7) is 0. The number of halogens is 2. The molecule has 0 bridgehead atoms. The Labute approximate surface area is 121 Å². The van der Waals surface area contributed by atoms with Crippen molar-refractivity contribution >= 4 is 10.8 Å². The summed E-state index contributed by atoms with van der Waals surface area (Å²) in [5.41, 5.74) is 3.53. The van der Waals surface area contributed by atoms with Gasteiger partial charge < -0.3 is 0 Å². The summed E-state index contributed by atoms with van der Waals surface area (Å²) in [5, 5.41) is 2.10. The maximum absolute atomic E-state index is 13.9. The van der Waals surface area contributed by atoms with Gasteiger partial charge in [0.15, 0.2) is 0 Å². The van der Waals surface area contributed by atoms with Crippen LogP contribution in [0.3, 0.4) is 0 Å². The number of hydrogen-bond donors (Lipinski definition) is 2. The Bertz CT molecular complexity index is 787. The van der Waals surface area contributed by atoms with Crippen LogP contribution in [0.1, 0.15) is 17.2 Å². The molecule has 2 nitrogen and oxygen atoms in total. The van der Waals surface area contributed by atoms with E-state index in [1.54, 1.807) is 0 Å². The second-order valence-electron chi connectivity index (χ2n) is 4.87. The normalized spacial score (nSPS) is 12.5. The third-order valence-electron chi connectivity index (χ3n) is 3.54. The van der Waals surface area contributed by atoms with E-state index in [4.69, 9.17) is 5.84 Å². The van der Waals surface area contributed by atoms with Gasteiger partial charge in [-0.15, -0.1) is 0 Å². The molecule has 0 heterocycles. The minimum absolute atomic E-state index is 0.188. The lowest BCUT2D eigenvalue weighted by Gasteiger charge is -2.18. The lowest BCUT2D eigenvalue weighted by atomic mass is 9.96. The zero-order chi connectivity index (χ0) is 14.8. The minimum Gasteiger partial charge on any atom is -0.271 e. The average molecular weight is 284 g/mol. The fourth-order valence-electron chi connectivity index (χ4n) is 2.49. The van der Waals surface area contributed by atoms with E-state index in [0.717, 1.165) is 34.5 Å². The first kappa shape index (κ1) is 13.7. The molecular formula is C17H14F2N2. The zero-order valence-corrected chi connectivity index (χ0v) is 11.2. The van der Waals surface area contributed by atoms with Crippen molar-refractivity contribution < 1.29 is 8.78 Å². The minimum atomic E-state index is -0.606. The van der Waals surface area contributed by atoms with Crippen LogP contribution in [0, 0.1) is 11.6 Å². The molecule has 0 saturated carbocycles. The molecule has 106 valence electrons. The third kappa shape index (κ3) is 2.63. The third-order valence-corrected chi connectivity index (χ3v) is 3.54. The number of hydrogen-bond acceptors (Lipinski definition) is 2. The van der Waals surface area contributed by atoms with Gasteiger partial charge in [0.1, 0.15) is 11.6 Å². The van der Waals surface area contributed by atoms with Gasteiger partial charge in [-0.05, 0) is 40.6 Å². The van der Waals surface area contributed by atoms with E-state index >= 15 is 0 Å². The van der Waals surface area contributed by atoms with E-state index < -0.39 is 17.7 Å². The quantitative estimate of drug-likeness (QED) is 0.569. The van der Waals surface area contributed by atoms with E-state index in [0.29, 0.717) is 0 Å². The Morgan fingerprint density at radius 3 is 2.38 bits per heavy atom. The molecule has 0 spiro atoms. The second-order valence-corrected chi connectivity index (χ2v) is 4.87. The van der Waals surface area contributed by atoms with E-state index in [1.165, 1.54) is 0 Å². The fourth-order valence-corrected chi connectivity index (χ4v) is 2.49. The zero-order valence-electron chi connectivity index (χ0n) is 11.2. The molecule has 3 aromatic rings. The highest BCUT2D eigenvalue weighted by atomic mass is 19.1. The molecule has 0 aromatic heterocycles. The topological polar surface area (TPSA) is 38.0 Å². The summed E-state index contributed by atoms with van der Waals surface area (Å²) in [7, 11) is 0. The van der Waals surface area contributed by atoms with Crippen LogP contribution < -0.4 is 11.3 Å². The first-order valence-corrected chi connectivity index (χ1v) is 6.59. The molecule has 0 fully saturated rings. The van der Waals surface area contributed by atoms with Crippen LogP contribution in [-0.4, -0.2) is 0 Å². The van der Waals surface area contributed by atoms with Crippen LogP contribution in [0.15, 0.2) is 60.7 Å². The van der Waals surface area contributed by atoms with E-state index in [-0.39, 0.29) is 5.56 Å². The first-order valence-electron chi connectivity index (χ1n) is 6.59. The Morgan fingerprint density at radius 2 is 1.62 bits per heavy atom. The molecule has 21 heavy (non-hydrogen) atoms. The molecule has 3 rings (SSSR count). The molecule has 3 N–H and O–H groups in total. The molecule has 3 aromatic carbocycles. The molecular weight excluding hydrogens is 270 g/mol. The second kappa shape index (κ2) is 5.60. The van der Waals surface area contributed by atoms with Crippen LogP contribution >= 0.6 is 0 Å². The Hall–Kier alpha value is -2.30. The number of hydrazine groups is 1. The summed E-state index contributed by atoms with van der Waals surface area (Å²) >= 11 is 0. The van der Waals surface area contributed by atoms with Crippen LogP contribution in [0.2, 0.25) is 0 Å². The predicted molar refractivity (Wildman–Crippen MR) is 79.5 cm³/mol. The van der Waals surface area contributed by atoms with Gasteiger partial charge in [-0.2, -0.15) is 0 Å². The highest BCUT2D eigenvalue weighted by Gasteiger charge is 2.17. The maximum Gasteiger partial charge on any atom is 0.128 e. The van der Waals surface area contributed by atoms with Crippen molar-refractivity contribution in [1.29, 1.82) is 0 Å². The van der Waals surface area contributed by atoms with Gasteiger partial charge in [0.05, 0.1) is 6.04 Å². The highest BCUT2D eigenvalue weighted by molar-refractivity contribution is 5.83. The number of fused-ring (bicyclic) bond motifs is 1. The highest BCUT2D eigenvalue weighted by Crippen LogP contribution is 2.27. The van der Waals surface area contributed by atoms with Gasteiger partial charge in [0, 0.05) is 5.56 Å². The Morgan fingerprint density at radius 1 is 0.857 bits per heavy atom. The number of benzene rings is 3. The van der Waals surface area contributed by atoms with E-state index in [1.807, 2.05) is 42.5 Å². The van der Waals surface area contributed by atoms with Crippen molar-refractivity contribution in [3.63, 3.8) is 0 Å².